The Morgan fingerprint density at radius 3 is 2.41 bits per heavy atom. The molecule has 4 rings (SSSR count). The van der Waals surface area contributed by atoms with Crippen molar-refractivity contribution in [3.63, 3.8) is 0 Å². The normalized spacial score (nSPS) is 15.2. The van der Waals surface area contributed by atoms with Crippen LogP contribution in [0.25, 0.3) is 11.1 Å². The number of aryl methyl sites for hydroxylation is 1. The maximum Gasteiger partial charge on any atom is 0.272 e. The third-order valence-corrected chi connectivity index (χ3v) is 6.94. The van der Waals surface area contributed by atoms with Gasteiger partial charge in [-0.15, -0.1) is 17.9 Å². The van der Waals surface area contributed by atoms with Crippen molar-refractivity contribution in [2.75, 3.05) is 18.2 Å². The second kappa shape index (κ2) is 9.86. The van der Waals surface area contributed by atoms with Crippen molar-refractivity contribution in [2.24, 2.45) is 7.05 Å². The molecule has 1 aromatic carbocycles. The molecule has 10 heteroatoms. The van der Waals surface area contributed by atoms with E-state index in [1.54, 1.807) is 22.4 Å². The van der Waals surface area contributed by atoms with E-state index in [-0.39, 0.29) is 5.56 Å². The molecule has 1 aliphatic rings. The third-order valence-electron chi connectivity index (χ3n) is 4.45. The predicted octanol–water partition coefficient (Wildman–Crippen LogP) is 1.22. The SMILES string of the molecule is C=CCn1c(=O)/c(=C2\Sc3ccccc3N2C)s/c1=C/c1cc[n+](C)cc1.CS(=O)(=O)[O-]. The second-order valence-corrected chi connectivity index (χ2v) is 10.5. The van der Waals surface area contributed by atoms with Crippen LogP contribution in [0.4, 0.5) is 5.69 Å². The zero-order chi connectivity index (χ0) is 23.5. The highest BCUT2D eigenvalue weighted by Crippen LogP contribution is 2.44. The molecule has 3 heterocycles. The van der Waals surface area contributed by atoms with Gasteiger partial charge in [-0.05, 0) is 23.8 Å². The number of hydrogen-bond donors (Lipinski definition) is 0. The minimum Gasteiger partial charge on any atom is -0.748 e. The van der Waals surface area contributed by atoms with Crippen LogP contribution in [0.3, 0.4) is 0 Å². The number of nitrogens with zero attached hydrogens (tertiary/aromatic N) is 3. The second-order valence-electron chi connectivity index (χ2n) is 7.05. The van der Waals surface area contributed by atoms with E-state index in [0.717, 1.165) is 25.5 Å². The monoisotopic (exact) mass is 489 g/mol. The van der Waals surface area contributed by atoms with E-state index in [4.69, 9.17) is 13.0 Å². The van der Waals surface area contributed by atoms with Crippen molar-refractivity contribution < 1.29 is 17.5 Å². The van der Waals surface area contributed by atoms with Crippen LogP contribution in [-0.4, -0.2) is 30.8 Å². The first-order valence-corrected chi connectivity index (χ1v) is 13.0. The number of benzene rings is 1. The van der Waals surface area contributed by atoms with Gasteiger partial charge in [0.05, 0.1) is 20.5 Å². The largest absolute Gasteiger partial charge is 0.748 e. The summed E-state index contributed by atoms with van der Waals surface area (Å²) in [6, 6.07) is 12.3. The van der Waals surface area contributed by atoms with E-state index in [1.807, 2.05) is 55.3 Å². The molecule has 0 fully saturated rings. The van der Waals surface area contributed by atoms with Crippen molar-refractivity contribution in [1.82, 2.24) is 4.57 Å². The molecular formula is C22H23N3O4S3. The molecule has 0 saturated heterocycles. The van der Waals surface area contributed by atoms with Gasteiger partial charge < -0.3 is 9.45 Å². The third kappa shape index (κ3) is 5.77. The molecule has 2 aromatic heterocycles. The average Bonchev–Trinajstić information content (AvgIpc) is 3.21. The highest BCUT2D eigenvalue weighted by Gasteiger charge is 2.24. The van der Waals surface area contributed by atoms with Gasteiger partial charge in [-0.3, -0.25) is 9.36 Å². The van der Waals surface area contributed by atoms with Crippen LogP contribution in [0.5, 0.6) is 0 Å². The first-order valence-electron chi connectivity index (χ1n) is 9.52. The molecule has 0 bridgehead atoms. The lowest BCUT2D eigenvalue weighted by Gasteiger charge is -2.11. The predicted molar refractivity (Wildman–Crippen MR) is 129 cm³/mol. The summed E-state index contributed by atoms with van der Waals surface area (Å²) < 4.78 is 32.7. The fourth-order valence-electron chi connectivity index (χ4n) is 3.02. The van der Waals surface area contributed by atoms with Crippen LogP contribution in [-0.2, 0) is 23.7 Å². The number of pyridine rings is 1. The lowest BCUT2D eigenvalue weighted by molar-refractivity contribution is -0.671. The molecule has 0 aliphatic carbocycles. The Bertz CT molecular complexity index is 1410. The van der Waals surface area contributed by atoms with Crippen LogP contribution >= 0.6 is 23.1 Å². The Balaban J connectivity index is 0.000000523. The summed E-state index contributed by atoms with van der Waals surface area (Å²) in [6.45, 7) is 4.31. The maximum atomic E-state index is 13.1. The highest BCUT2D eigenvalue weighted by atomic mass is 32.2. The molecule has 0 saturated carbocycles. The first kappa shape index (κ1) is 24.0. The number of fused-ring (bicyclic) bond motifs is 1. The fourth-order valence-corrected chi connectivity index (χ4v) is 5.45. The molecule has 168 valence electrons. The van der Waals surface area contributed by atoms with E-state index < -0.39 is 10.1 Å². The highest BCUT2D eigenvalue weighted by molar-refractivity contribution is 8.08. The molecular weight excluding hydrogens is 466 g/mol. The summed E-state index contributed by atoms with van der Waals surface area (Å²) in [5.74, 6) is 0. The minimum atomic E-state index is -3.92. The number of anilines is 1. The van der Waals surface area contributed by atoms with Crippen molar-refractivity contribution in [1.29, 1.82) is 0 Å². The Morgan fingerprint density at radius 2 is 1.81 bits per heavy atom. The van der Waals surface area contributed by atoms with Gasteiger partial charge in [0.15, 0.2) is 12.4 Å². The van der Waals surface area contributed by atoms with Gasteiger partial charge >= 0.3 is 0 Å². The summed E-state index contributed by atoms with van der Waals surface area (Å²) in [5, 5.41) is 0.989. The van der Waals surface area contributed by atoms with Crippen LogP contribution in [0.15, 0.2) is 71.1 Å². The number of rotatable bonds is 3. The van der Waals surface area contributed by atoms with E-state index in [0.29, 0.717) is 12.8 Å². The van der Waals surface area contributed by atoms with Gasteiger partial charge in [0.25, 0.3) is 5.56 Å². The smallest absolute Gasteiger partial charge is 0.272 e. The topological polar surface area (TPSA) is 86.3 Å². The molecule has 1 aliphatic heterocycles. The zero-order valence-corrected chi connectivity index (χ0v) is 20.3. The summed E-state index contributed by atoms with van der Waals surface area (Å²) in [5.41, 5.74) is 2.25. The summed E-state index contributed by atoms with van der Waals surface area (Å²) in [6.07, 6.45) is 8.44. The van der Waals surface area contributed by atoms with Gasteiger partial charge in [0.1, 0.15) is 16.6 Å². The maximum absolute atomic E-state index is 13.1. The van der Waals surface area contributed by atoms with Crippen LogP contribution in [0.2, 0.25) is 0 Å². The summed E-state index contributed by atoms with van der Waals surface area (Å²) in [7, 11) is 0.0911. The van der Waals surface area contributed by atoms with E-state index >= 15 is 0 Å². The molecule has 7 nitrogen and oxygen atoms in total. The number of thiazole rings is 1. The minimum absolute atomic E-state index is 0.0368. The quantitative estimate of drug-likeness (QED) is 0.312. The number of thioether (sulfide) groups is 1. The van der Waals surface area contributed by atoms with Crippen molar-refractivity contribution >= 4 is 50.0 Å². The summed E-state index contributed by atoms with van der Waals surface area (Å²) >= 11 is 3.19. The Hall–Kier alpha value is -2.66. The molecule has 0 amide bonds. The van der Waals surface area contributed by atoms with Gasteiger partial charge in [0.2, 0.25) is 0 Å². The van der Waals surface area contributed by atoms with E-state index in [1.165, 1.54) is 16.2 Å². The van der Waals surface area contributed by atoms with Gasteiger partial charge in [0, 0.05) is 36.9 Å². The Kier molecular flexibility index (Phi) is 7.40. The van der Waals surface area contributed by atoms with Crippen LogP contribution < -0.4 is 24.2 Å². The van der Waals surface area contributed by atoms with Crippen molar-refractivity contribution in [3.05, 3.63) is 86.6 Å². The molecule has 0 N–H and O–H groups in total. The number of hydrogen-bond acceptors (Lipinski definition) is 7. The number of allylic oxidation sites excluding steroid dienone is 1. The van der Waals surface area contributed by atoms with Crippen molar-refractivity contribution in [2.45, 2.75) is 11.4 Å². The van der Waals surface area contributed by atoms with Gasteiger partial charge in [-0.25, -0.2) is 13.0 Å². The molecule has 3 aromatic rings. The zero-order valence-electron chi connectivity index (χ0n) is 17.9. The first-order chi connectivity index (χ1) is 15.1. The standard InChI is InChI=1S/C21H20N3OS2.CH4O3S/c1-4-11-24-18(14-15-9-12-22(2)13-10-15)27-19(20(24)25)21-23(3)16-7-5-6-8-17(16)26-21;1-5(2,3)4/h4-10,12-14H,1,11H2,2-3H3;1H3,(H,2,3,4)/q+1;/p-1/b21-19+;. The van der Waals surface area contributed by atoms with Gasteiger partial charge in [-0.2, -0.15) is 0 Å². The molecule has 0 unspecified atom stereocenters. The summed E-state index contributed by atoms with van der Waals surface area (Å²) in [4.78, 5) is 16.4. The van der Waals surface area contributed by atoms with Crippen LogP contribution in [0.1, 0.15) is 5.56 Å². The fraction of sp³-hybridized carbons (Fsp3) is 0.182. The van der Waals surface area contributed by atoms with Crippen molar-refractivity contribution in [3.8, 4) is 0 Å². The average molecular weight is 490 g/mol. The van der Waals surface area contributed by atoms with E-state index in [2.05, 4.69) is 29.7 Å². The lowest BCUT2D eigenvalue weighted by Crippen LogP contribution is -2.33. The number of aromatic nitrogens is 2. The van der Waals surface area contributed by atoms with Gasteiger partial charge in [-0.1, -0.05) is 30.0 Å². The Labute approximate surface area is 195 Å². The Morgan fingerprint density at radius 1 is 1.19 bits per heavy atom. The van der Waals surface area contributed by atoms with Crippen LogP contribution in [0, 0.1) is 0 Å². The lowest BCUT2D eigenvalue weighted by atomic mass is 10.3. The molecule has 32 heavy (non-hydrogen) atoms. The molecule has 0 atom stereocenters. The molecule has 0 spiro atoms. The molecule has 0 radical (unpaired) electrons. The number of para-hydroxylation sites is 1. The van der Waals surface area contributed by atoms with E-state index in [9.17, 15) is 4.79 Å².